The van der Waals surface area contributed by atoms with Crippen molar-refractivity contribution in [2.75, 3.05) is 20.8 Å². The van der Waals surface area contributed by atoms with Crippen molar-refractivity contribution in [2.45, 2.75) is 52.4 Å². The lowest BCUT2D eigenvalue weighted by atomic mass is 10.0. The Morgan fingerprint density at radius 1 is 1.13 bits per heavy atom. The maximum atomic E-state index is 11.9. The Kier molecular flexibility index (Phi) is 9.18. The lowest BCUT2D eigenvalue weighted by Gasteiger charge is -2.14. The van der Waals surface area contributed by atoms with Crippen LogP contribution < -0.4 is 9.47 Å². The normalized spacial score (nSPS) is 11.8. The van der Waals surface area contributed by atoms with Crippen molar-refractivity contribution in [2.24, 2.45) is 5.92 Å². The molecule has 0 aliphatic carbocycles. The fourth-order valence-corrected chi connectivity index (χ4v) is 2.46. The quantitative estimate of drug-likeness (QED) is 0.567. The van der Waals surface area contributed by atoms with Gasteiger partial charge >= 0.3 is 5.97 Å². The van der Waals surface area contributed by atoms with Crippen molar-refractivity contribution in [1.82, 2.24) is 0 Å². The molecule has 0 amide bonds. The minimum Gasteiger partial charge on any atom is -0.493 e. The zero-order valence-electron chi connectivity index (χ0n) is 14.9. The van der Waals surface area contributed by atoms with Crippen molar-refractivity contribution in [3.8, 4) is 11.5 Å². The molecule has 0 aliphatic heterocycles. The second-order valence-corrected chi connectivity index (χ2v) is 5.79. The van der Waals surface area contributed by atoms with Crippen molar-refractivity contribution < 1.29 is 19.0 Å². The average Bonchev–Trinajstić information content (AvgIpc) is 2.59. The van der Waals surface area contributed by atoms with Crippen LogP contribution in [-0.4, -0.2) is 26.8 Å². The molecule has 0 aromatic heterocycles. The van der Waals surface area contributed by atoms with E-state index in [0.29, 0.717) is 36.9 Å². The molecule has 1 aromatic rings. The van der Waals surface area contributed by atoms with E-state index in [0.717, 1.165) is 18.4 Å². The van der Waals surface area contributed by atoms with Crippen molar-refractivity contribution in [3.05, 3.63) is 23.8 Å². The van der Waals surface area contributed by atoms with Crippen LogP contribution >= 0.6 is 0 Å². The topological polar surface area (TPSA) is 44.8 Å². The molecule has 0 radical (unpaired) electrons. The van der Waals surface area contributed by atoms with E-state index in [1.54, 1.807) is 14.2 Å². The van der Waals surface area contributed by atoms with Gasteiger partial charge in [0.05, 0.1) is 20.8 Å². The zero-order valence-corrected chi connectivity index (χ0v) is 14.9. The first-order valence-corrected chi connectivity index (χ1v) is 8.51. The highest BCUT2D eigenvalue weighted by atomic mass is 16.5. The van der Waals surface area contributed by atoms with Gasteiger partial charge in [-0.25, -0.2) is 0 Å². The molecule has 4 nitrogen and oxygen atoms in total. The SMILES string of the molecule is CCCCC(CC)COC(=O)CCc1ccc(OC)c(OC)c1. The van der Waals surface area contributed by atoms with E-state index in [1.807, 2.05) is 18.2 Å². The molecule has 0 spiro atoms. The number of carbonyl (C=O) groups is 1. The predicted molar refractivity (Wildman–Crippen MR) is 92.1 cm³/mol. The summed E-state index contributed by atoms with van der Waals surface area (Å²) in [7, 11) is 3.22. The van der Waals surface area contributed by atoms with E-state index in [4.69, 9.17) is 14.2 Å². The molecule has 0 saturated carbocycles. The predicted octanol–water partition coefficient (Wildman–Crippen LogP) is 4.40. The molecule has 1 unspecified atom stereocenters. The first kappa shape index (κ1) is 19.3. The molecule has 0 saturated heterocycles. The number of carbonyl (C=O) groups excluding carboxylic acids is 1. The van der Waals surface area contributed by atoms with Gasteiger partial charge in [0.2, 0.25) is 0 Å². The van der Waals surface area contributed by atoms with Gasteiger partial charge in [-0.2, -0.15) is 0 Å². The van der Waals surface area contributed by atoms with Gasteiger partial charge in [-0.15, -0.1) is 0 Å². The van der Waals surface area contributed by atoms with Gasteiger partial charge in [-0.05, 0) is 36.5 Å². The molecule has 1 aromatic carbocycles. The number of hydrogen-bond acceptors (Lipinski definition) is 4. The molecular formula is C19H30O4. The zero-order chi connectivity index (χ0) is 17.1. The van der Waals surface area contributed by atoms with E-state index in [9.17, 15) is 4.79 Å². The fourth-order valence-electron chi connectivity index (χ4n) is 2.46. The van der Waals surface area contributed by atoms with Crippen LogP contribution in [0.3, 0.4) is 0 Å². The Bertz CT molecular complexity index is 470. The number of aryl methyl sites for hydroxylation is 1. The van der Waals surface area contributed by atoms with Crippen LogP contribution in [0.2, 0.25) is 0 Å². The molecule has 0 heterocycles. The van der Waals surface area contributed by atoms with E-state index < -0.39 is 0 Å². The summed E-state index contributed by atoms with van der Waals surface area (Å²) in [5.41, 5.74) is 1.04. The van der Waals surface area contributed by atoms with Crippen LogP contribution in [0.15, 0.2) is 18.2 Å². The summed E-state index contributed by atoms with van der Waals surface area (Å²) in [5.74, 6) is 1.74. The Balaban J connectivity index is 2.41. The molecule has 1 atom stereocenters. The molecular weight excluding hydrogens is 292 g/mol. The number of ether oxygens (including phenoxy) is 3. The summed E-state index contributed by atoms with van der Waals surface area (Å²) in [6, 6.07) is 5.71. The molecule has 0 N–H and O–H groups in total. The van der Waals surface area contributed by atoms with Crippen LogP contribution in [0, 0.1) is 5.92 Å². The summed E-state index contributed by atoms with van der Waals surface area (Å²) in [6.45, 7) is 4.88. The largest absolute Gasteiger partial charge is 0.493 e. The second kappa shape index (κ2) is 10.9. The Morgan fingerprint density at radius 3 is 2.48 bits per heavy atom. The molecule has 0 bridgehead atoms. The highest BCUT2D eigenvalue weighted by Gasteiger charge is 2.11. The average molecular weight is 322 g/mol. The van der Waals surface area contributed by atoms with E-state index in [2.05, 4.69) is 13.8 Å². The number of methoxy groups -OCH3 is 2. The lowest BCUT2D eigenvalue weighted by molar-refractivity contribution is -0.145. The van der Waals surface area contributed by atoms with Crippen molar-refractivity contribution in [1.29, 1.82) is 0 Å². The van der Waals surface area contributed by atoms with Gasteiger partial charge in [0.15, 0.2) is 11.5 Å². The van der Waals surface area contributed by atoms with Gasteiger partial charge in [0, 0.05) is 6.42 Å². The van der Waals surface area contributed by atoms with Gasteiger partial charge in [-0.1, -0.05) is 39.2 Å². The van der Waals surface area contributed by atoms with Crippen LogP contribution in [0.4, 0.5) is 0 Å². The van der Waals surface area contributed by atoms with Crippen LogP contribution in [0.25, 0.3) is 0 Å². The number of esters is 1. The highest BCUT2D eigenvalue weighted by Crippen LogP contribution is 2.28. The lowest BCUT2D eigenvalue weighted by Crippen LogP contribution is -2.14. The van der Waals surface area contributed by atoms with Crippen LogP contribution in [0.1, 0.15) is 51.5 Å². The Morgan fingerprint density at radius 2 is 1.87 bits per heavy atom. The summed E-state index contributed by atoms with van der Waals surface area (Å²) >= 11 is 0. The molecule has 1 rings (SSSR count). The third-order valence-corrected chi connectivity index (χ3v) is 4.09. The molecule has 4 heteroatoms. The summed E-state index contributed by atoms with van der Waals surface area (Å²) in [4.78, 5) is 11.9. The Labute approximate surface area is 140 Å². The third kappa shape index (κ3) is 6.93. The molecule has 0 fully saturated rings. The smallest absolute Gasteiger partial charge is 0.306 e. The van der Waals surface area contributed by atoms with Gasteiger partial charge in [-0.3, -0.25) is 4.79 Å². The summed E-state index contributed by atoms with van der Waals surface area (Å²) in [5, 5.41) is 0. The minimum atomic E-state index is -0.130. The second-order valence-electron chi connectivity index (χ2n) is 5.79. The molecule has 130 valence electrons. The van der Waals surface area contributed by atoms with Crippen molar-refractivity contribution in [3.63, 3.8) is 0 Å². The maximum Gasteiger partial charge on any atom is 0.306 e. The van der Waals surface area contributed by atoms with Gasteiger partial charge < -0.3 is 14.2 Å². The standard InChI is InChI=1S/C19H30O4/c1-5-7-8-15(6-2)14-23-19(20)12-10-16-9-11-17(21-3)18(13-16)22-4/h9,11,13,15H,5-8,10,12,14H2,1-4H3. The summed E-state index contributed by atoms with van der Waals surface area (Å²) in [6.07, 6.45) is 5.61. The summed E-state index contributed by atoms with van der Waals surface area (Å²) < 4.78 is 15.9. The first-order valence-electron chi connectivity index (χ1n) is 8.51. The number of unbranched alkanes of at least 4 members (excludes halogenated alkanes) is 1. The minimum absolute atomic E-state index is 0.130. The van der Waals surface area contributed by atoms with Crippen LogP contribution in [0.5, 0.6) is 11.5 Å². The maximum absolute atomic E-state index is 11.9. The van der Waals surface area contributed by atoms with E-state index in [-0.39, 0.29) is 5.97 Å². The first-order chi connectivity index (χ1) is 11.1. The highest BCUT2D eigenvalue weighted by molar-refractivity contribution is 5.69. The van der Waals surface area contributed by atoms with Crippen LogP contribution in [-0.2, 0) is 16.0 Å². The fraction of sp³-hybridized carbons (Fsp3) is 0.632. The number of benzene rings is 1. The molecule has 0 aliphatic rings. The Hall–Kier alpha value is -1.71. The van der Waals surface area contributed by atoms with E-state index >= 15 is 0 Å². The van der Waals surface area contributed by atoms with E-state index in [1.165, 1.54) is 12.8 Å². The van der Waals surface area contributed by atoms with Gasteiger partial charge in [0.25, 0.3) is 0 Å². The van der Waals surface area contributed by atoms with Crippen molar-refractivity contribution >= 4 is 5.97 Å². The monoisotopic (exact) mass is 322 g/mol. The van der Waals surface area contributed by atoms with Gasteiger partial charge in [0.1, 0.15) is 0 Å². The third-order valence-electron chi connectivity index (χ3n) is 4.09. The number of rotatable bonds is 11. The number of hydrogen-bond donors (Lipinski definition) is 0. The molecule has 23 heavy (non-hydrogen) atoms.